The Hall–Kier alpha value is -1.26. The van der Waals surface area contributed by atoms with E-state index >= 15 is 0 Å². The summed E-state index contributed by atoms with van der Waals surface area (Å²) in [5.41, 5.74) is 4.46. The van der Waals surface area contributed by atoms with Crippen molar-refractivity contribution in [2.75, 3.05) is 4.90 Å². The average molecular weight is 310 g/mol. The predicted octanol–water partition coefficient (Wildman–Crippen LogP) is 3.20. The van der Waals surface area contributed by atoms with Crippen molar-refractivity contribution in [2.24, 2.45) is 5.84 Å². The van der Waals surface area contributed by atoms with Gasteiger partial charge in [-0.2, -0.15) is 0 Å². The van der Waals surface area contributed by atoms with E-state index in [-0.39, 0.29) is 17.5 Å². The Morgan fingerprint density at radius 2 is 2.24 bits per heavy atom. The highest BCUT2D eigenvalue weighted by Gasteiger charge is 2.41. The fraction of sp³-hybridized carbons (Fsp3) is 0.562. The highest BCUT2D eigenvalue weighted by Crippen LogP contribution is 2.45. The fourth-order valence-corrected chi connectivity index (χ4v) is 3.77. The third kappa shape index (κ3) is 2.87. The van der Waals surface area contributed by atoms with Gasteiger partial charge < -0.3 is 4.90 Å². The lowest BCUT2D eigenvalue weighted by Gasteiger charge is -2.50. The second-order valence-corrected chi connectivity index (χ2v) is 6.86. The van der Waals surface area contributed by atoms with Crippen LogP contribution in [0.1, 0.15) is 52.0 Å². The van der Waals surface area contributed by atoms with Gasteiger partial charge in [-0.3, -0.25) is 10.2 Å². The predicted molar refractivity (Wildman–Crippen MR) is 87.5 cm³/mol. The van der Waals surface area contributed by atoms with Crippen LogP contribution in [0.4, 0.5) is 5.69 Å². The van der Waals surface area contributed by atoms with Gasteiger partial charge in [-0.25, -0.2) is 5.84 Å². The fourth-order valence-electron chi connectivity index (χ4n) is 3.59. The van der Waals surface area contributed by atoms with Crippen LogP contribution in [0.25, 0.3) is 0 Å². The van der Waals surface area contributed by atoms with Crippen LogP contribution in [0.3, 0.4) is 0 Å². The number of rotatable bonds is 3. The normalized spacial score (nSPS) is 21.6. The molecule has 4 nitrogen and oxygen atoms in total. The number of carbonyl (C=O) groups is 1. The van der Waals surface area contributed by atoms with Gasteiger partial charge >= 0.3 is 0 Å². The molecule has 0 fully saturated rings. The van der Waals surface area contributed by atoms with E-state index in [2.05, 4.69) is 31.1 Å². The molecule has 0 saturated heterocycles. The van der Waals surface area contributed by atoms with Crippen molar-refractivity contribution in [1.82, 2.24) is 5.43 Å². The van der Waals surface area contributed by atoms with Crippen molar-refractivity contribution in [2.45, 2.75) is 58.0 Å². The second kappa shape index (κ2) is 5.85. The molecule has 3 N–H and O–H groups in total. The number of amides is 1. The molecular weight excluding hydrogens is 286 g/mol. The van der Waals surface area contributed by atoms with E-state index in [1.807, 2.05) is 25.1 Å². The molecule has 1 amide bonds. The number of anilines is 1. The van der Waals surface area contributed by atoms with Crippen LogP contribution >= 0.6 is 11.6 Å². The number of nitrogens with zero attached hydrogens (tertiary/aromatic N) is 1. The van der Waals surface area contributed by atoms with Crippen LogP contribution in [-0.4, -0.2) is 17.5 Å². The lowest BCUT2D eigenvalue weighted by atomic mass is 9.79. The van der Waals surface area contributed by atoms with Crippen molar-refractivity contribution in [3.8, 4) is 0 Å². The minimum atomic E-state index is -0.280. The Balaban J connectivity index is 2.57. The first-order valence-electron chi connectivity index (χ1n) is 7.41. The smallest absolute Gasteiger partial charge is 0.256 e. The molecule has 0 radical (unpaired) electrons. The molecule has 1 aliphatic heterocycles. The van der Waals surface area contributed by atoms with Crippen LogP contribution in [0, 0.1) is 0 Å². The molecule has 1 aromatic rings. The van der Waals surface area contributed by atoms with Crippen molar-refractivity contribution in [3.63, 3.8) is 0 Å². The van der Waals surface area contributed by atoms with Crippen molar-refractivity contribution in [1.29, 1.82) is 0 Å². The molecular formula is C16H24ClN3O. The molecule has 0 spiro atoms. The lowest BCUT2D eigenvalue weighted by molar-refractivity contribution is -0.122. The van der Waals surface area contributed by atoms with E-state index in [1.54, 1.807) is 0 Å². The summed E-state index contributed by atoms with van der Waals surface area (Å²) in [6, 6.07) is 5.63. The molecule has 116 valence electrons. The first-order chi connectivity index (χ1) is 9.81. The van der Waals surface area contributed by atoms with Gasteiger partial charge in [0.15, 0.2) is 0 Å². The third-order valence-corrected chi connectivity index (χ3v) is 4.62. The molecule has 21 heavy (non-hydrogen) atoms. The highest BCUT2D eigenvalue weighted by molar-refractivity contribution is 6.30. The van der Waals surface area contributed by atoms with Gasteiger partial charge in [0.05, 0.1) is 0 Å². The summed E-state index contributed by atoms with van der Waals surface area (Å²) in [4.78, 5) is 14.4. The number of hydrogen-bond acceptors (Lipinski definition) is 3. The van der Waals surface area contributed by atoms with Gasteiger partial charge in [-0.1, -0.05) is 25.4 Å². The Morgan fingerprint density at radius 1 is 1.57 bits per heavy atom. The van der Waals surface area contributed by atoms with Crippen molar-refractivity contribution >= 4 is 23.2 Å². The molecule has 1 aromatic carbocycles. The lowest BCUT2D eigenvalue weighted by Crippen LogP contribution is -2.59. The van der Waals surface area contributed by atoms with Crippen molar-refractivity contribution < 1.29 is 4.79 Å². The maximum absolute atomic E-state index is 12.2. The van der Waals surface area contributed by atoms with Crippen LogP contribution < -0.4 is 16.2 Å². The second-order valence-electron chi connectivity index (χ2n) is 6.42. The monoisotopic (exact) mass is 309 g/mol. The van der Waals surface area contributed by atoms with E-state index < -0.39 is 0 Å². The van der Waals surface area contributed by atoms with Crippen LogP contribution in [-0.2, 0) is 4.79 Å². The van der Waals surface area contributed by atoms with Crippen LogP contribution in [0.5, 0.6) is 0 Å². The van der Waals surface area contributed by atoms with E-state index in [9.17, 15) is 4.79 Å². The number of benzene rings is 1. The van der Waals surface area contributed by atoms with Gasteiger partial charge in [0.2, 0.25) is 0 Å². The maximum atomic E-state index is 12.2. The standard InChI is InChI=1S/C16H24ClN3O/c1-5-13(15(21)19-18)20-14-7-6-11(17)8-12(14)10(2)9-16(20,3)4/h6-8,10,13H,5,9,18H2,1-4H3,(H,19,21)/t10-,13-/m0/s1. The van der Waals surface area contributed by atoms with Gasteiger partial charge in [0, 0.05) is 16.2 Å². The molecule has 0 bridgehead atoms. The van der Waals surface area contributed by atoms with E-state index in [4.69, 9.17) is 17.4 Å². The van der Waals surface area contributed by atoms with Gasteiger partial charge in [0.25, 0.3) is 5.91 Å². The number of nitrogens with one attached hydrogen (secondary N) is 1. The number of halogens is 1. The number of hydrogen-bond donors (Lipinski definition) is 2. The summed E-state index contributed by atoms with van der Waals surface area (Å²) in [7, 11) is 0. The average Bonchev–Trinajstić information content (AvgIpc) is 2.42. The van der Waals surface area contributed by atoms with Gasteiger partial charge in [0.1, 0.15) is 6.04 Å². The SMILES string of the molecule is CC[C@@H](C(=O)NN)N1c2ccc(Cl)cc2[C@@H](C)CC1(C)C. The number of hydrazine groups is 1. The zero-order valence-electron chi connectivity index (χ0n) is 13.1. The van der Waals surface area contributed by atoms with Crippen LogP contribution in [0.2, 0.25) is 5.02 Å². The first-order valence-corrected chi connectivity index (χ1v) is 7.79. The minimum absolute atomic E-state index is 0.118. The van der Waals surface area contributed by atoms with Gasteiger partial charge in [-0.05, 0) is 56.4 Å². The van der Waals surface area contributed by atoms with Crippen LogP contribution in [0.15, 0.2) is 18.2 Å². The zero-order valence-corrected chi connectivity index (χ0v) is 13.9. The quantitative estimate of drug-likeness (QED) is 0.512. The Labute approximate surface area is 131 Å². The Kier molecular flexibility index (Phi) is 4.49. The highest BCUT2D eigenvalue weighted by atomic mass is 35.5. The first kappa shape index (κ1) is 16.1. The summed E-state index contributed by atoms with van der Waals surface area (Å²) in [6.45, 7) is 8.56. The van der Waals surface area contributed by atoms with E-state index in [1.165, 1.54) is 5.56 Å². The summed E-state index contributed by atoms with van der Waals surface area (Å²) >= 11 is 6.15. The summed E-state index contributed by atoms with van der Waals surface area (Å²) in [6.07, 6.45) is 1.66. The Bertz CT molecular complexity index is 544. The maximum Gasteiger partial charge on any atom is 0.256 e. The molecule has 5 heteroatoms. The number of fused-ring (bicyclic) bond motifs is 1. The molecule has 0 aromatic heterocycles. The minimum Gasteiger partial charge on any atom is -0.354 e. The van der Waals surface area contributed by atoms with Gasteiger partial charge in [-0.15, -0.1) is 0 Å². The molecule has 0 saturated carbocycles. The zero-order chi connectivity index (χ0) is 15.8. The molecule has 0 aliphatic carbocycles. The molecule has 0 unspecified atom stereocenters. The van der Waals surface area contributed by atoms with Crippen molar-refractivity contribution in [3.05, 3.63) is 28.8 Å². The molecule has 1 aliphatic rings. The molecule has 2 rings (SSSR count). The Morgan fingerprint density at radius 3 is 2.81 bits per heavy atom. The largest absolute Gasteiger partial charge is 0.354 e. The number of nitrogens with two attached hydrogens (primary N) is 1. The third-order valence-electron chi connectivity index (χ3n) is 4.38. The molecule has 2 atom stereocenters. The summed E-state index contributed by atoms with van der Waals surface area (Å²) in [5.74, 6) is 5.62. The summed E-state index contributed by atoms with van der Waals surface area (Å²) in [5, 5.41) is 0.733. The molecule has 1 heterocycles. The topological polar surface area (TPSA) is 58.4 Å². The van der Waals surface area contributed by atoms with E-state index in [0.29, 0.717) is 12.3 Å². The van der Waals surface area contributed by atoms with E-state index in [0.717, 1.165) is 17.1 Å². The number of carbonyl (C=O) groups excluding carboxylic acids is 1. The summed E-state index contributed by atoms with van der Waals surface area (Å²) < 4.78 is 0.